The van der Waals surface area contributed by atoms with E-state index in [9.17, 15) is 9.59 Å². The Hall–Kier alpha value is -0.880. The van der Waals surface area contributed by atoms with Gasteiger partial charge < -0.3 is 9.64 Å². The second-order valence-electron chi connectivity index (χ2n) is 3.71. The third-order valence-electron chi connectivity index (χ3n) is 2.31. The SMILES string of the molecule is COC(=O)C(C)CN(C)C(=O)c1sccc1Br. The zero-order valence-corrected chi connectivity index (χ0v) is 12.3. The third-order valence-corrected chi connectivity index (χ3v) is 4.14. The summed E-state index contributed by atoms with van der Waals surface area (Å²) >= 11 is 4.69. The maximum Gasteiger partial charge on any atom is 0.310 e. The van der Waals surface area contributed by atoms with E-state index in [0.29, 0.717) is 11.4 Å². The number of rotatable bonds is 4. The summed E-state index contributed by atoms with van der Waals surface area (Å²) in [7, 11) is 3.02. The number of thiophene rings is 1. The molecule has 1 heterocycles. The molecule has 1 amide bonds. The highest BCUT2D eigenvalue weighted by molar-refractivity contribution is 9.10. The number of hydrogen-bond acceptors (Lipinski definition) is 4. The van der Waals surface area contributed by atoms with Crippen LogP contribution in [-0.4, -0.2) is 37.5 Å². The van der Waals surface area contributed by atoms with Gasteiger partial charge in [0.25, 0.3) is 5.91 Å². The topological polar surface area (TPSA) is 46.6 Å². The summed E-state index contributed by atoms with van der Waals surface area (Å²) in [6.07, 6.45) is 0. The maximum absolute atomic E-state index is 12.0. The number of ether oxygens (including phenoxy) is 1. The van der Waals surface area contributed by atoms with Gasteiger partial charge >= 0.3 is 5.97 Å². The molecule has 0 aliphatic rings. The van der Waals surface area contributed by atoms with Crippen LogP contribution in [0.25, 0.3) is 0 Å². The van der Waals surface area contributed by atoms with E-state index in [1.807, 2.05) is 11.4 Å². The van der Waals surface area contributed by atoms with E-state index >= 15 is 0 Å². The van der Waals surface area contributed by atoms with Crippen LogP contribution in [0.3, 0.4) is 0 Å². The van der Waals surface area contributed by atoms with Crippen LogP contribution in [0.15, 0.2) is 15.9 Å². The molecule has 0 spiro atoms. The van der Waals surface area contributed by atoms with E-state index in [-0.39, 0.29) is 17.8 Å². The van der Waals surface area contributed by atoms with Crippen molar-refractivity contribution in [2.24, 2.45) is 5.92 Å². The molecule has 1 rings (SSSR count). The van der Waals surface area contributed by atoms with Gasteiger partial charge in [-0.15, -0.1) is 11.3 Å². The minimum absolute atomic E-state index is 0.0948. The van der Waals surface area contributed by atoms with Crippen LogP contribution in [0.1, 0.15) is 16.6 Å². The van der Waals surface area contributed by atoms with Gasteiger partial charge in [0.15, 0.2) is 0 Å². The summed E-state index contributed by atoms with van der Waals surface area (Å²) in [5, 5.41) is 1.84. The summed E-state index contributed by atoms with van der Waals surface area (Å²) in [5.41, 5.74) is 0. The van der Waals surface area contributed by atoms with Gasteiger partial charge in [0, 0.05) is 18.1 Å². The molecule has 1 atom stereocenters. The summed E-state index contributed by atoms with van der Waals surface area (Å²) < 4.78 is 5.41. The smallest absolute Gasteiger partial charge is 0.310 e. The molecule has 17 heavy (non-hydrogen) atoms. The highest BCUT2D eigenvalue weighted by Gasteiger charge is 2.21. The first kappa shape index (κ1) is 14.2. The van der Waals surface area contributed by atoms with Crippen molar-refractivity contribution in [1.29, 1.82) is 0 Å². The number of amides is 1. The van der Waals surface area contributed by atoms with Crippen molar-refractivity contribution >= 4 is 39.1 Å². The number of carbonyl (C=O) groups is 2. The Bertz CT molecular complexity index is 419. The Morgan fingerprint density at radius 1 is 1.59 bits per heavy atom. The van der Waals surface area contributed by atoms with Crippen LogP contribution < -0.4 is 0 Å². The summed E-state index contributed by atoms with van der Waals surface area (Å²) in [6.45, 7) is 2.08. The van der Waals surface area contributed by atoms with Crippen molar-refractivity contribution < 1.29 is 14.3 Å². The van der Waals surface area contributed by atoms with Gasteiger partial charge in [-0.25, -0.2) is 0 Å². The predicted octanol–water partition coefficient (Wildman–Crippen LogP) is 2.39. The van der Waals surface area contributed by atoms with Crippen LogP contribution in [0, 0.1) is 5.92 Å². The van der Waals surface area contributed by atoms with E-state index in [1.54, 1.807) is 14.0 Å². The fraction of sp³-hybridized carbons (Fsp3) is 0.455. The molecule has 0 bridgehead atoms. The normalized spacial score (nSPS) is 12.0. The van der Waals surface area contributed by atoms with Crippen LogP contribution in [0.2, 0.25) is 0 Å². The van der Waals surface area contributed by atoms with E-state index in [1.165, 1.54) is 23.3 Å². The lowest BCUT2D eigenvalue weighted by Crippen LogP contribution is -2.33. The predicted molar refractivity (Wildman–Crippen MR) is 70.2 cm³/mol. The van der Waals surface area contributed by atoms with E-state index in [4.69, 9.17) is 0 Å². The first-order chi connectivity index (χ1) is 7.97. The fourth-order valence-corrected chi connectivity index (χ4v) is 2.92. The van der Waals surface area contributed by atoms with Gasteiger partial charge in [0.2, 0.25) is 0 Å². The Morgan fingerprint density at radius 3 is 2.71 bits per heavy atom. The quantitative estimate of drug-likeness (QED) is 0.800. The first-order valence-electron chi connectivity index (χ1n) is 5.03. The number of carbonyl (C=O) groups excluding carboxylic acids is 2. The zero-order valence-electron chi connectivity index (χ0n) is 9.90. The molecule has 94 valence electrons. The van der Waals surface area contributed by atoms with Crippen LogP contribution >= 0.6 is 27.3 Å². The number of esters is 1. The molecule has 0 aliphatic carbocycles. The zero-order chi connectivity index (χ0) is 13.0. The fourth-order valence-electron chi connectivity index (χ4n) is 1.39. The Morgan fingerprint density at radius 2 is 2.24 bits per heavy atom. The van der Waals surface area contributed by atoms with Gasteiger partial charge in [-0.05, 0) is 27.4 Å². The van der Waals surface area contributed by atoms with Crippen LogP contribution in [0.4, 0.5) is 0 Å². The van der Waals surface area contributed by atoms with E-state index in [2.05, 4.69) is 20.7 Å². The lowest BCUT2D eigenvalue weighted by Gasteiger charge is -2.19. The lowest BCUT2D eigenvalue weighted by molar-refractivity contribution is -0.145. The minimum atomic E-state index is -0.326. The van der Waals surface area contributed by atoms with Crippen LogP contribution in [0.5, 0.6) is 0 Å². The molecule has 0 radical (unpaired) electrons. The van der Waals surface area contributed by atoms with Crippen molar-refractivity contribution in [3.63, 3.8) is 0 Å². The van der Waals surface area contributed by atoms with Crippen molar-refractivity contribution in [2.45, 2.75) is 6.92 Å². The van der Waals surface area contributed by atoms with Gasteiger partial charge in [-0.2, -0.15) is 0 Å². The van der Waals surface area contributed by atoms with Crippen molar-refractivity contribution in [2.75, 3.05) is 20.7 Å². The lowest BCUT2D eigenvalue weighted by atomic mass is 10.2. The monoisotopic (exact) mass is 319 g/mol. The third kappa shape index (κ3) is 3.54. The minimum Gasteiger partial charge on any atom is -0.469 e. The molecular weight excluding hydrogens is 306 g/mol. The molecule has 1 aromatic rings. The number of methoxy groups -OCH3 is 1. The number of nitrogens with zero attached hydrogens (tertiary/aromatic N) is 1. The highest BCUT2D eigenvalue weighted by Crippen LogP contribution is 2.24. The molecule has 0 saturated heterocycles. The molecule has 0 aromatic carbocycles. The standard InChI is InChI=1S/C11H14BrNO3S/c1-7(11(15)16-3)6-13(2)10(14)9-8(12)4-5-17-9/h4-5,7H,6H2,1-3H3. The molecular formula is C11H14BrNO3S. The molecule has 1 aromatic heterocycles. The van der Waals surface area contributed by atoms with Crippen molar-refractivity contribution in [3.05, 3.63) is 20.8 Å². The highest BCUT2D eigenvalue weighted by atomic mass is 79.9. The molecule has 1 unspecified atom stereocenters. The Kier molecular flexibility index (Phi) is 5.14. The summed E-state index contributed by atoms with van der Waals surface area (Å²) in [4.78, 5) is 25.5. The second kappa shape index (κ2) is 6.16. The molecule has 4 nitrogen and oxygen atoms in total. The Labute approximate surface area is 113 Å². The molecule has 0 saturated carbocycles. The van der Waals surface area contributed by atoms with Gasteiger partial charge in [0.05, 0.1) is 13.0 Å². The van der Waals surface area contributed by atoms with Crippen molar-refractivity contribution in [1.82, 2.24) is 4.90 Å². The average Bonchev–Trinajstić information content (AvgIpc) is 2.73. The molecule has 6 heteroatoms. The van der Waals surface area contributed by atoms with Crippen molar-refractivity contribution in [3.8, 4) is 0 Å². The molecule has 0 fully saturated rings. The second-order valence-corrected chi connectivity index (χ2v) is 5.48. The van der Waals surface area contributed by atoms with Gasteiger partial charge in [-0.1, -0.05) is 6.92 Å². The van der Waals surface area contributed by atoms with E-state index < -0.39 is 0 Å². The Balaban J connectivity index is 2.65. The maximum atomic E-state index is 12.0. The number of hydrogen-bond donors (Lipinski definition) is 0. The summed E-state index contributed by atoms with van der Waals surface area (Å²) in [6, 6.07) is 1.83. The first-order valence-corrected chi connectivity index (χ1v) is 6.71. The van der Waals surface area contributed by atoms with Crippen LogP contribution in [-0.2, 0) is 9.53 Å². The van der Waals surface area contributed by atoms with Gasteiger partial charge in [0.1, 0.15) is 4.88 Å². The average molecular weight is 320 g/mol. The van der Waals surface area contributed by atoms with E-state index in [0.717, 1.165) is 4.47 Å². The number of halogens is 1. The molecule has 0 N–H and O–H groups in total. The largest absolute Gasteiger partial charge is 0.469 e. The molecule has 0 aliphatic heterocycles. The van der Waals surface area contributed by atoms with Gasteiger partial charge in [-0.3, -0.25) is 9.59 Å². The summed E-state index contributed by atoms with van der Waals surface area (Å²) in [5.74, 6) is -0.731.